The first kappa shape index (κ1) is 18.9. The van der Waals surface area contributed by atoms with E-state index in [9.17, 15) is 9.18 Å². The lowest BCUT2D eigenvalue weighted by atomic mass is 9.96. The highest BCUT2D eigenvalue weighted by Gasteiger charge is 2.44. The van der Waals surface area contributed by atoms with E-state index in [1.54, 1.807) is 24.3 Å². The third kappa shape index (κ3) is 4.84. The zero-order valence-electron chi connectivity index (χ0n) is 15.5. The number of amides is 1. The molecule has 0 spiro atoms. The van der Waals surface area contributed by atoms with Crippen molar-refractivity contribution in [3.05, 3.63) is 71.0 Å². The molecular weight excluding hydrogens is 343 g/mol. The SMILES string of the molecule is CCNC(=NCc1ccc(C(N)=O)cc1)NCC1(c2cccc(F)c2)CC1. The Morgan fingerprint density at radius 1 is 1.19 bits per heavy atom. The number of nitrogens with two attached hydrogens (primary N) is 1. The number of benzene rings is 2. The van der Waals surface area contributed by atoms with Gasteiger partial charge in [-0.3, -0.25) is 4.79 Å². The van der Waals surface area contributed by atoms with Crippen LogP contribution in [0.15, 0.2) is 53.5 Å². The molecule has 1 aliphatic carbocycles. The summed E-state index contributed by atoms with van der Waals surface area (Å²) in [6, 6.07) is 14.0. The van der Waals surface area contributed by atoms with Gasteiger partial charge in [0.15, 0.2) is 5.96 Å². The first-order valence-electron chi connectivity index (χ1n) is 9.19. The van der Waals surface area contributed by atoms with Crippen LogP contribution >= 0.6 is 0 Å². The number of rotatable bonds is 7. The Morgan fingerprint density at radius 2 is 1.93 bits per heavy atom. The number of guanidine groups is 1. The van der Waals surface area contributed by atoms with Crippen LogP contribution in [0.2, 0.25) is 0 Å². The molecule has 0 radical (unpaired) electrons. The fourth-order valence-electron chi connectivity index (χ4n) is 3.08. The Morgan fingerprint density at radius 3 is 2.52 bits per heavy atom. The quantitative estimate of drug-likeness (QED) is 0.519. The van der Waals surface area contributed by atoms with Crippen molar-refractivity contribution >= 4 is 11.9 Å². The summed E-state index contributed by atoms with van der Waals surface area (Å²) >= 11 is 0. The monoisotopic (exact) mass is 368 g/mol. The number of carbonyl (C=O) groups excluding carboxylic acids is 1. The lowest BCUT2D eigenvalue weighted by Gasteiger charge is -2.19. The molecule has 0 atom stereocenters. The molecule has 4 N–H and O–H groups in total. The lowest BCUT2D eigenvalue weighted by Crippen LogP contribution is -2.41. The second-order valence-electron chi connectivity index (χ2n) is 6.90. The van der Waals surface area contributed by atoms with Gasteiger partial charge in [0, 0.05) is 24.1 Å². The Labute approximate surface area is 158 Å². The number of aliphatic imine (C=N–C) groups is 1. The fraction of sp³-hybridized carbons (Fsp3) is 0.333. The smallest absolute Gasteiger partial charge is 0.248 e. The molecule has 1 aliphatic rings. The van der Waals surface area contributed by atoms with Crippen molar-refractivity contribution in [1.82, 2.24) is 10.6 Å². The molecule has 3 rings (SSSR count). The van der Waals surface area contributed by atoms with Crippen molar-refractivity contribution in [2.45, 2.75) is 31.7 Å². The third-order valence-electron chi connectivity index (χ3n) is 4.89. The second-order valence-corrected chi connectivity index (χ2v) is 6.90. The van der Waals surface area contributed by atoms with Crippen molar-refractivity contribution < 1.29 is 9.18 Å². The van der Waals surface area contributed by atoms with Gasteiger partial charge in [-0.2, -0.15) is 0 Å². The second kappa shape index (κ2) is 8.20. The van der Waals surface area contributed by atoms with Crippen LogP contribution in [0.1, 0.15) is 41.3 Å². The molecule has 1 fully saturated rings. The Hall–Kier alpha value is -2.89. The van der Waals surface area contributed by atoms with Crippen LogP contribution in [0, 0.1) is 5.82 Å². The molecule has 0 heterocycles. The van der Waals surface area contributed by atoms with Crippen LogP contribution in [0.25, 0.3) is 0 Å². The maximum absolute atomic E-state index is 13.5. The molecule has 6 heteroatoms. The number of nitrogens with one attached hydrogen (secondary N) is 2. The van der Waals surface area contributed by atoms with Gasteiger partial charge in [-0.25, -0.2) is 9.38 Å². The van der Waals surface area contributed by atoms with Crippen LogP contribution in [0.4, 0.5) is 4.39 Å². The molecule has 0 bridgehead atoms. The zero-order chi connectivity index (χ0) is 19.3. The molecule has 1 amide bonds. The van der Waals surface area contributed by atoms with Crippen molar-refractivity contribution in [3.8, 4) is 0 Å². The van der Waals surface area contributed by atoms with Crippen molar-refractivity contribution in [3.63, 3.8) is 0 Å². The molecule has 0 aromatic heterocycles. The maximum Gasteiger partial charge on any atom is 0.248 e. The highest BCUT2D eigenvalue weighted by Crippen LogP contribution is 2.47. The molecule has 2 aromatic carbocycles. The number of carbonyl (C=O) groups is 1. The minimum atomic E-state index is -0.438. The molecule has 5 nitrogen and oxygen atoms in total. The molecule has 1 saturated carbocycles. The van der Waals surface area contributed by atoms with Crippen LogP contribution in [0.5, 0.6) is 0 Å². The highest BCUT2D eigenvalue weighted by molar-refractivity contribution is 5.92. The summed E-state index contributed by atoms with van der Waals surface area (Å²) < 4.78 is 13.5. The summed E-state index contributed by atoms with van der Waals surface area (Å²) in [7, 11) is 0. The molecule has 0 aliphatic heterocycles. The molecular formula is C21H25FN4O. The average Bonchev–Trinajstić information content (AvgIpc) is 3.45. The number of nitrogens with zero attached hydrogens (tertiary/aromatic N) is 1. The summed E-state index contributed by atoms with van der Waals surface area (Å²) in [4.78, 5) is 15.7. The average molecular weight is 368 g/mol. The van der Waals surface area contributed by atoms with E-state index in [1.165, 1.54) is 6.07 Å². The van der Waals surface area contributed by atoms with Crippen LogP contribution in [-0.2, 0) is 12.0 Å². The van der Waals surface area contributed by atoms with Gasteiger partial charge in [0.25, 0.3) is 0 Å². The van der Waals surface area contributed by atoms with Gasteiger partial charge >= 0.3 is 0 Å². The Balaban J connectivity index is 1.63. The van der Waals surface area contributed by atoms with E-state index in [-0.39, 0.29) is 11.2 Å². The van der Waals surface area contributed by atoms with E-state index >= 15 is 0 Å². The number of hydrogen-bond acceptors (Lipinski definition) is 2. The molecule has 27 heavy (non-hydrogen) atoms. The summed E-state index contributed by atoms with van der Waals surface area (Å²) in [6.07, 6.45) is 2.08. The minimum Gasteiger partial charge on any atom is -0.366 e. The van der Waals surface area contributed by atoms with E-state index < -0.39 is 5.91 Å². The van der Waals surface area contributed by atoms with Gasteiger partial charge in [-0.05, 0) is 55.2 Å². The van der Waals surface area contributed by atoms with E-state index in [2.05, 4.69) is 15.6 Å². The van der Waals surface area contributed by atoms with Gasteiger partial charge in [0.1, 0.15) is 5.82 Å². The maximum atomic E-state index is 13.5. The van der Waals surface area contributed by atoms with E-state index in [4.69, 9.17) is 5.73 Å². The first-order chi connectivity index (χ1) is 13.0. The van der Waals surface area contributed by atoms with E-state index in [1.807, 2.05) is 25.1 Å². The van der Waals surface area contributed by atoms with Gasteiger partial charge in [0.05, 0.1) is 6.54 Å². The topological polar surface area (TPSA) is 79.5 Å². The molecule has 0 saturated heterocycles. The lowest BCUT2D eigenvalue weighted by molar-refractivity contribution is 0.100. The van der Waals surface area contributed by atoms with Gasteiger partial charge < -0.3 is 16.4 Å². The predicted molar refractivity (Wildman–Crippen MR) is 105 cm³/mol. The predicted octanol–water partition coefficient (Wildman–Crippen LogP) is 2.71. The first-order valence-corrected chi connectivity index (χ1v) is 9.19. The minimum absolute atomic E-state index is 0.0125. The van der Waals surface area contributed by atoms with Crippen molar-refractivity contribution in [1.29, 1.82) is 0 Å². The van der Waals surface area contributed by atoms with Crippen molar-refractivity contribution in [2.75, 3.05) is 13.1 Å². The highest BCUT2D eigenvalue weighted by atomic mass is 19.1. The largest absolute Gasteiger partial charge is 0.366 e. The molecule has 0 unspecified atom stereocenters. The van der Waals surface area contributed by atoms with Crippen molar-refractivity contribution in [2.24, 2.45) is 10.7 Å². The van der Waals surface area contributed by atoms with Gasteiger partial charge in [0.2, 0.25) is 5.91 Å². The van der Waals surface area contributed by atoms with Gasteiger partial charge in [-0.15, -0.1) is 0 Å². The Bertz CT molecular complexity index is 828. The van der Waals surface area contributed by atoms with E-state index in [0.717, 1.165) is 36.5 Å². The van der Waals surface area contributed by atoms with Crippen LogP contribution in [0.3, 0.4) is 0 Å². The molecule has 142 valence electrons. The molecule has 2 aromatic rings. The summed E-state index contributed by atoms with van der Waals surface area (Å²) in [5.74, 6) is 0.0880. The normalized spacial score (nSPS) is 15.3. The summed E-state index contributed by atoms with van der Waals surface area (Å²) in [5, 5.41) is 6.62. The Kier molecular flexibility index (Phi) is 5.74. The van der Waals surface area contributed by atoms with E-state index in [0.29, 0.717) is 18.7 Å². The summed E-state index contributed by atoms with van der Waals surface area (Å²) in [5.41, 5.74) is 7.76. The van der Waals surface area contributed by atoms with Gasteiger partial charge in [-0.1, -0.05) is 24.3 Å². The zero-order valence-corrected chi connectivity index (χ0v) is 15.5. The van der Waals surface area contributed by atoms with Crippen LogP contribution in [-0.4, -0.2) is 25.0 Å². The standard InChI is InChI=1S/C21H25FN4O/c1-2-24-20(25-13-15-6-8-16(9-7-15)19(23)27)26-14-21(10-11-21)17-4-3-5-18(22)12-17/h3-9,12H,2,10-11,13-14H2,1H3,(H2,23,27)(H2,24,25,26). The number of halogens is 1. The number of primary amides is 1. The number of hydrogen-bond donors (Lipinski definition) is 3. The fourth-order valence-corrected chi connectivity index (χ4v) is 3.08. The summed E-state index contributed by atoms with van der Waals surface area (Å²) in [6.45, 7) is 3.96. The third-order valence-corrected chi connectivity index (χ3v) is 4.89. The van der Waals surface area contributed by atoms with Crippen LogP contribution < -0.4 is 16.4 Å².